The Bertz CT molecular complexity index is 1140. The van der Waals surface area contributed by atoms with Crippen LogP contribution < -0.4 is 0 Å². The van der Waals surface area contributed by atoms with Gasteiger partial charge in [-0.15, -0.1) is 0 Å². The van der Waals surface area contributed by atoms with E-state index in [-0.39, 0.29) is 29.2 Å². The van der Waals surface area contributed by atoms with E-state index in [1.807, 2.05) is 0 Å². The maximum Gasteiger partial charge on any atom is 0.331 e. The highest BCUT2D eigenvalue weighted by Crippen LogP contribution is 2.48. The van der Waals surface area contributed by atoms with Crippen LogP contribution in [0.2, 0.25) is 0 Å². The molecule has 1 heterocycles. The molecule has 1 fully saturated rings. The smallest absolute Gasteiger partial charge is 0.309 e. The van der Waals surface area contributed by atoms with E-state index >= 15 is 0 Å². The molecule has 1 saturated carbocycles. The number of carbonyl (C=O) groups excluding carboxylic acids is 1. The van der Waals surface area contributed by atoms with Gasteiger partial charge < -0.3 is 9.05 Å². The predicted octanol–water partition coefficient (Wildman–Crippen LogP) is 5.16. The molecular weight excluding hydrogens is 499 g/mol. The second kappa shape index (κ2) is 13.0. The third kappa shape index (κ3) is 8.30. The first-order valence-corrected chi connectivity index (χ1v) is 16.3. The number of benzene rings is 1. The van der Waals surface area contributed by atoms with Crippen LogP contribution in [0, 0.1) is 5.92 Å². The molecule has 0 radical (unpaired) electrons. The van der Waals surface area contributed by atoms with Gasteiger partial charge in [0.15, 0.2) is 9.84 Å². The molecule has 0 bridgehead atoms. The molecule has 0 unspecified atom stereocenters. The Morgan fingerprint density at radius 3 is 2.14 bits per heavy atom. The molecule has 1 aromatic carbocycles. The van der Waals surface area contributed by atoms with Gasteiger partial charge in [0.25, 0.3) is 0 Å². The molecular formula is C26H37N2O6PS. The third-order valence-corrected chi connectivity index (χ3v) is 9.75. The van der Waals surface area contributed by atoms with Crippen molar-refractivity contribution in [2.75, 3.05) is 25.6 Å². The molecule has 10 heteroatoms. The number of sulfone groups is 1. The lowest BCUT2D eigenvalue weighted by Gasteiger charge is -2.20. The van der Waals surface area contributed by atoms with Gasteiger partial charge in [0.1, 0.15) is 5.78 Å². The van der Waals surface area contributed by atoms with Crippen LogP contribution >= 0.6 is 7.60 Å². The quantitative estimate of drug-likeness (QED) is 0.304. The van der Waals surface area contributed by atoms with Crippen molar-refractivity contribution in [2.45, 2.75) is 69.6 Å². The van der Waals surface area contributed by atoms with Crippen LogP contribution in [-0.4, -0.2) is 49.8 Å². The van der Waals surface area contributed by atoms with Crippen molar-refractivity contribution >= 4 is 23.2 Å². The topological polar surface area (TPSA) is 113 Å². The normalized spacial score (nSPS) is 15.8. The highest BCUT2D eigenvalue weighted by Gasteiger charge is 2.27. The summed E-state index contributed by atoms with van der Waals surface area (Å²) in [4.78, 5) is 22.5. The molecule has 0 saturated heterocycles. The van der Waals surface area contributed by atoms with Crippen LogP contribution in [0.15, 0.2) is 41.6 Å². The van der Waals surface area contributed by atoms with E-state index in [9.17, 15) is 17.8 Å². The number of Topliss-reactive ketones (excluding diaryl/α,β-unsaturated/α-hetero) is 1. The standard InChI is InChI=1S/C26H37N2O6PS/c1-4-33-35(30,34-5-2)15-14-22-18-28-23(19-27-22)17-26(29)25(16-20-8-6-7-9-20)21-10-12-24(13-11-21)36(3,31)32/h10-13,18-20,25H,4-9,14-17H2,1-3H3/t25-/m1/s1. The van der Waals surface area contributed by atoms with E-state index in [0.29, 0.717) is 36.9 Å². The van der Waals surface area contributed by atoms with Crippen LogP contribution in [0.25, 0.3) is 0 Å². The highest BCUT2D eigenvalue weighted by molar-refractivity contribution is 7.90. The molecule has 1 aromatic heterocycles. The fourth-order valence-electron chi connectivity index (χ4n) is 4.69. The minimum atomic E-state index is -3.30. The molecule has 8 nitrogen and oxygen atoms in total. The molecule has 1 aliphatic carbocycles. The zero-order chi connectivity index (χ0) is 26.2. The van der Waals surface area contributed by atoms with Gasteiger partial charge in [-0.05, 0) is 43.9 Å². The molecule has 36 heavy (non-hydrogen) atoms. The van der Waals surface area contributed by atoms with Crippen molar-refractivity contribution in [1.82, 2.24) is 9.97 Å². The average molecular weight is 537 g/mol. The Balaban J connectivity index is 1.69. The summed E-state index contributed by atoms with van der Waals surface area (Å²) in [5, 5.41) is 0. The lowest BCUT2D eigenvalue weighted by atomic mass is 9.83. The molecule has 0 aliphatic heterocycles. The number of ketones is 1. The first-order valence-electron chi connectivity index (χ1n) is 12.6. The number of aromatic nitrogens is 2. The molecule has 2 aromatic rings. The van der Waals surface area contributed by atoms with Crippen molar-refractivity contribution in [1.29, 1.82) is 0 Å². The van der Waals surface area contributed by atoms with E-state index < -0.39 is 17.4 Å². The van der Waals surface area contributed by atoms with Gasteiger partial charge >= 0.3 is 7.60 Å². The summed E-state index contributed by atoms with van der Waals surface area (Å²) >= 11 is 0. The van der Waals surface area contributed by atoms with Crippen LogP contribution in [0.5, 0.6) is 0 Å². The Labute approximate surface area is 214 Å². The zero-order valence-electron chi connectivity index (χ0n) is 21.4. The Hall–Kier alpha value is -1.93. The number of carbonyl (C=O) groups is 1. The number of hydrogen-bond acceptors (Lipinski definition) is 8. The summed E-state index contributed by atoms with van der Waals surface area (Å²) in [6.45, 7) is 4.17. The van der Waals surface area contributed by atoms with E-state index in [4.69, 9.17) is 9.05 Å². The van der Waals surface area contributed by atoms with Gasteiger partial charge in [-0.3, -0.25) is 19.3 Å². The average Bonchev–Trinajstić information content (AvgIpc) is 3.35. The van der Waals surface area contributed by atoms with Crippen molar-refractivity contribution in [3.63, 3.8) is 0 Å². The van der Waals surface area contributed by atoms with Crippen molar-refractivity contribution in [3.8, 4) is 0 Å². The van der Waals surface area contributed by atoms with Gasteiger partial charge in [-0.25, -0.2) is 8.42 Å². The Morgan fingerprint density at radius 2 is 1.61 bits per heavy atom. The van der Waals surface area contributed by atoms with Gasteiger partial charge in [0.05, 0.1) is 42.1 Å². The summed E-state index contributed by atoms with van der Waals surface area (Å²) in [6.07, 6.45) is 10.5. The largest absolute Gasteiger partial charge is 0.331 e. The molecule has 3 rings (SSSR count). The minimum Gasteiger partial charge on any atom is -0.309 e. The number of hydrogen-bond donors (Lipinski definition) is 0. The van der Waals surface area contributed by atoms with Crippen LogP contribution in [-0.2, 0) is 41.1 Å². The van der Waals surface area contributed by atoms with Crippen LogP contribution in [0.1, 0.15) is 68.8 Å². The van der Waals surface area contributed by atoms with Gasteiger partial charge in [0.2, 0.25) is 0 Å². The van der Waals surface area contributed by atoms with Gasteiger partial charge in [-0.1, -0.05) is 37.8 Å². The summed E-state index contributed by atoms with van der Waals surface area (Å²) in [5.41, 5.74) is 2.07. The lowest BCUT2D eigenvalue weighted by Crippen LogP contribution is -2.19. The second-order valence-corrected chi connectivity index (χ2v) is 13.5. The predicted molar refractivity (Wildman–Crippen MR) is 139 cm³/mol. The Kier molecular flexibility index (Phi) is 10.4. The van der Waals surface area contributed by atoms with Crippen molar-refractivity contribution in [3.05, 3.63) is 53.6 Å². The SMILES string of the molecule is CCOP(=O)(CCc1cnc(CC(=O)[C@H](CC2CCCC2)c2ccc(S(C)(=O)=O)cc2)cn1)OCC. The summed E-state index contributed by atoms with van der Waals surface area (Å²) in [5.74, 6) is 0.230. The maximum atomic E-state index is 13.4. The van der Waals surface area contributed by atoms with Gasteiger partial charge in [-0.2, -0.15) is 0 Å². The third-order valence-electron chi connectivity index (χ3n) is 6.55. The molecule has 1 aliphatic rings. The molecule has 1 atom stereocenters. The second-order valence-electron chi connectivity index (χ2n) is 9.34. The monoisotopic (exact) mass is 536 g/mol. The first-order chi connectivity index (χ1) is 17.1. The van der Waals surface area contributed by atoms with Crippen LogP contribution in [0.4, 0.5) is 0 Å². The summed E-state index contributed by atoms with van der Waals surface area (Å²) < 4.78 is 47.0. The number of rotatable bonds is 14. The zero-order valence-corrected chi connectivity index (χ0v) is 23.1. The molecule has 0 spiro atoms. The molecule has 0 N–H and O–H groups in total. The van der Waals surface area contributed by atoms with Crippen LogP contribution in [0.3, 0.4) is 0 Å². The molecule has 0 amide bonds. The summed E-state index contributed by atoms with van der Waals surface area (Å²) in [7, 11) is -6.45. The highest BCUT2D eigenvalue weighted by atomic mass is 32.2. The lowest BCUT2D eigenvalue weighted by molar-refractivity contribution is -0.120. The fourth-order valence-corrected chi connectivity index (χ4v) is 6.95. The fraction of sp³-hybridized carbons (Fsp3) is 0.577. The number of nitrogens with zero attached hydrogens (tertiary/aromatic N) is 2. The first kappa shape index (κ1) is 28.6. The van der Waals surface area contributed by atoms with Gasteiger partial charge in [0, 0.05) is 31.0 Å². The maximum absolute atomic E-state index is 13.4. The number of aryl methyl sites for hydroxylation is 1. The van der Waals surface area contributed by atoms with Crippen molar-refractivity contribution in [2.24, 2.45) is 5.92 Å². The molecule has 198 valence electrons. The van der Waals surface area contributed by atoms with E-state index in [1.54, 1.807) is 50.5 Å². The van der Waals surface area contributed by atoms with E-state index in [1.165, 1.54) is 19.1 Å². The minimum absolute atomic E-state index is 0.0493. The Morgan fingerprint density at radius 1 is 1.03 bits per heavy atom. The van der Waals surface area contributed by atoms with E-state index in [0.717, 1.165) is 24.8 Å². The van der Waals surface area contributed by atoms with E-state index in [2.05, 4.69) is 9.97 Å². The summed E-state index contributed by atoms with van der Waals surface area (Å²) in [6, 6.07) is 6.68. The van der Waals surface area contributed by atoms with Crippen molar-refractivity contribution < 1.29 is 26.8 Å².